The van der Waals surface area contributed by atoms with E-state index in [0.717, 1.165) is 39.1 Å². The van der Waals surface area contributed by atoms with Crippen molar-refractivity contribution in [2.75, 3.05) is 51.1 Å². The molecule has 1 aromatic rings. The van der Waals surface area contributed by atoms with Crippen LogP contribution in [-0.2, 0) is 4.79 Å². The molecule has 0 aliphatic carbocycles. The second-order valence-corrected chi connectivity index (χ2v) is 7.43. The zero-order chi connectivity index (χ0) is 19.8. The molecule has 27 heavy (non-hydrogen) atoms. The number of anilines is 1. The smallest absolute Gasteiger partial charge is 0.321 e. The number of nitrogens with zero attached hydrogens (tertiary/aromatic N) is 3. The molecule has 0 aromatic heterocycles. The minimum atomic E-state index is -0.237. The van der Waals surface area contributed by atoms with Crippen molar-refractivity contribution < 1.29 is 9.59 Å². The first-order valence-corrected chi connectivity index (χ1v) is 10.2. The molecule has 1 heterocycles. The largest absolute Gasteiger partial charge is 0.340 e. The van der Waals surface area contributed by atoms with Gasteiger partial charge in [-0.2, -0.15) is 0 Å². The van der Waals surface area contributed by atoms with E-state index in [2.05, 4.69) is 17.1 Å². The van der Waals surface area contributed by atoms with Crippen LogP contribution >= 0.6 is 23.2 Å². The summed E-state index contributed by atoms with van der Waals surface area (Å²) < 4.78 is 0. The Morgan fingerprint density at radius 3 is 2.37 bits per heavy atom. The van der Waals surface area contributed by atoms with Crippen molar-refractivity contribution in [2.45, 2.75) is 26.7 Å². The fourth-order valence-corrected chi connectivity index (χ4v) is 3.36. The average Bonchev–Trinajstić information content (AvgIpc) is 2.67. The van der Waals surface area contributed by atoms with Gasteiger partial charge in [-0.1, -0.05) is 37.0 Å². The number of urea groups is 1. The van der Waals surface area contributed by atoms with E-state index in [4.69, 9.17) is 23.2 Å². The molecular formula is C19H28Cl2N4O2. The third kappa shape index (κ3) is 6.55. The number of benzene rings is 1. The van der Waals surface area contributed by atoms with Gasteiger partial charge in [0, 0.05) is 51.4 Å². The zero-order valence-corrected chi connectivity index (χ0v) is 17.5. The summed E-state index contributed by atoms with van der Waals surface area (Å²) in [7, 11) is 0. The minimum Gasteiger partial charge on any atom is -0.340 e. The van der Waals surface area contributed by atoms with Crippen LogP contribution in [0, 0.1) is 0 Å². The van der Waals surface area contributed by atoms with Crippen LogP contribution in [0.4, 0.5) is 10.5 Å². The van der Waals surface area contributed by atoms with E-state index < -0.39 is 0 Å². The van der Waals surface area contributed by atoms with Crippen LogP contribution in [0.2, 0.25) is 10.0 Å². The van der Waals surface area contributed by atoms with Crippen molar-refractivity contribution in [3.05, 3.63) is 28.2 Å². The van der Waals surface area contributed by atoms with Gasteiger partial charge in [0.2, 0.25) is 5.91 Å². The molecule has 0 radical (unpaired) electrons. The van der Waals surface area contributed by atoms with Crippen molar-refractivity contribution >= 4 is 40.8 Å². The molecule has 0 spiro atoms. The minimum absolute atomic E-state index is 0.106. The van der Waals surface area contributed by atoms with Gasteiger partial charge in [-0.3, -0.25) is 4.79 Å². The van der Waals surface area contributed by atoms with Crippen LogP contribution < -0.4 is 5.32 Å². The Morgan fingerprint density at radius 1 is 1.07 bits per heavy atom. The number of amides is 3. The van der Waals surface area contributed by atoms with Crippen LogP contribution in [0.5, 0.6) is 0 Å². The molecule has 6 nitrogen and oxygen atoms in total. The Hall–Kier alpha value is -1.50. The number of hydrogen-bond acceptors (Lipinski definition) is 3. The van der Waals surface area contributed by atoms with Crippen LogP contribution in [0.3, 0.4) is 0 Å². The maximum atomic E-state index is 12.6. The Balaban J connectivity index is 1.87. The van der Waals surface area contributed by atoms with Crippen molar-refractivity contribution in [2.24, 2.45) is 0 Å². The SMILES string of the molecule is CCCN(CCC(=O)N1CCN(CC)CC1)C(=O)Nc1ccc(Cl)c(Cl)c1. The maximum Gasteiger partial charge on any atom is 0.321 e. The van der Waals surface area contributed by atoms with Crippen LogP contribution in [0.1, 0.15) is 26.7 Å². The lowest BCUT2D eigenvalue weighted by molar-refractivity contribution is -0.133. The third-order valence-electron chi connectivity index (χ3n) is 4.72. The lowest BCUT2D eigenvalue weighted by Gasteiger charge is -2.34. The molecule has 0 saturated carbocycles. The van der Waals surface area contributed by atoms with E-state index in [9.17, 15) is 9.59 Å². The molecule has 8 heteroatoms. The number of carbonyl (C=O) groups is 2. The van der Waals surface area contributed by atoms with Crippen molar-refractivity contribution in [3.63, 3.8) is 0 Å². The average molecular weight is 415 g/mol. The summed E-state index contributed by atoms with van der Waals surface area (Å²) in [4.78, 5) is 31.0. The Kier molecular flexibility index (Phi) is 8.67. The molecule has 0 unspecified atom stereocenters. The fourth-order valence-electron chi connectivity index (χ4n) is 3.06. The predicted molar refractivity (Wildman–Crippen MR) is 111 cm³/mol. The normalized spacial score (nSPS) is 14.9. The fraction of sp³-hybridized carbons (Fsp3) is 0.579. The van der Waals surface area contributed by atoms with Crippen molar-refractivity contribution in [1.82, 2.24) is 14.7 Å². The highest BCUT2D eigenvalue weighted by Crippen LogP contribution is 2.25. The van der Waals surface area contributed by atoms with Gasteiger partial charge in [-0.05, 0) is 31.2 Å². The molecule has 0 atom stereocenters. The van der Waals surface area contributed by atoms with Gasteiger partial charge in [0.05, 0.1) is 10.0 Å². The lowest BCUT2D eigenvalue weighted by atomic mass is 10.2. The molecule has 1 aromatic carbocycles. The molecule has 1 aliphatic heterocycles. The van der Waals surface area contributed by atoms with Crippen molar-refractivity contribution in [1.29, 1.82) is 0 Å². The third-order valence-corrected chi connectivity index (χ3v) is 5.46. The van der Waals surface area contributed by atoms with Gasteiger partial charge < -0.3 is 20.0 Å². The lowest BCUT2D eigenvalue weighted by Crippen LogP contribution is -2.49. The first-order chi connectivity index (χ1) is 12.9. The van der Waals surface area contributed by atoms with E-state index >= 15 is 0 Å². The number of rotatable bonds is 7. The molecule has 1 saturated heterocycles. The topological polar surface area (TPSA) is 55.9 Å². The summed E-state index contributed by atoms with van der Waals surface area (Å²) in [6.07, 6.45) is 1.15. The van der Waals surface area contributed by atoms with Gasteiger partial charge in [0.1, 0.15) is 0 Å². The van der Waals surface area contributed by atoms with Gasteiger partial charge >= 0.3 is 6.03 Å². The standard InChI is InChI=1S/C19H28Cl2N4O2/c1-3-8-25(19(27)22-15-5-6-16(20)17(21)14-15)9-7-18(26)24-12-10-23(4-2)11-13-24/h5-6,14H,3-4,7-13H2,1-2H3,(H,22,27). The molecular weight excluding hydrogens is 387 g/mol. The number of piperazine rings is 1. The molecule has 1 aliphatic rings. The van der Waals surface area contributed by atoms with Gasteiger partial charge in [0.25, 0.3) is 0 Å². The maximum absolute atomic E-state index is 12.6. The van der Waals surface area contributed by atoms with Gasteiger partial charge in [-0.15, -0.1) is 0 Å². The number of hydrogen-bond donors (Lipinski definition) is 1. The molecule has 1 fully saturated rings. The van der Waals surface area contributed by atoms with Gasteiger partial charge in [-0.25, -0.2) is 4.79 Å². The Labute approximate surface area is 171 Å². The molecule has 0 bridgehead atoms. The summed E-state index contributed by atoms with van der Waals surface area (Å²) in [6.45, 7) is 9.49. The van der Waals surface area contributed by atoms with E-state index in [1.807, 2.05) is 11.8 Å². The summed E-state index contributed by atoms with van der Waals surface area (Å²) >= 11 is 11.9. The van der Waals surface area contributed by atoms with Crippen LogP contribution in [0.25, 0.3) is 0 Å². The van der Waals surface area contributed by atoms with Crippen LogP contribution in [0.15, 0.2) is 18.2 Å². The number of halogens is 2. The number of likely N-dealkylation sites (N-methyl/N-ethyl adjacent to an activating group) is 1. The van der Waals surface area contributed by atoms with E-state index in [1.165, 1.54) is 0 Å². The number of carbonyl (C=O) groups excluding carboxylic acids is 2. The monoisotopic (exact) mass is 414 g/mol. The molecule has 1 N–H and O–H groups in total. The predicted octanol–water partition coefficient (Wildman–Crippen LogP) is 3.79. The molecule has 3 amide bonds. The van der Waals surface area contributed by atoms with E-state index in [0.29, 0.717) is 35.2 Å². The first kappa shape index (κ1) is 21.8. The zero-order valence-electron chi connectivity index (χ0n) is 16.0. The first-order valence-electron chi connectivity index (χ1n) is 9.45. The highest BCUT2D eigenvalue weighted by molar-refractivity contribution is 6.42. The van der Waals surface area contributed by atoms with Gasteiger partial charge in [0.15, 0.2) is 0 Å². The molecule has 150 valence electrons. The summed E-state index contributed by atoms with van der Waals surface area (Å²) in [5.74, 6) is 0.106. The van der Waals surface area contributed by atoms with E-state index in [-0.39, 0.29) is 11.9 Å². The Morgan fingerprint density at radius 2 is 1.78 bits per heavy atom. The summed E-state index contributed by atoms with van der Waals surface area (Å²) in [5, 5.41) is 3.65. The van der Waals surface area contributed by atoms with E-state index in [1.54, 1.807) is 23.1 Å². The quantitative estimate of drug-likeness (QED) is 0.737. The number of nitrogens with one attached hydrogen (secondary N) is 1. The Bertz CT molecular complexity index is 649. The highest BCUT2D eigenvalue weighted by atomic mass is 35.5. The summed E-state index contributed by atoms with van der Waals surface area (Å²) in [5.41, 5.74) is 0.581. The summed E-state index contributed by atoms with van der Waals surface area (Å²) in [6, 6.07) is 4.72. The molecule has 2 rings (SSSR count). The second kappa shape index (κ2) is 10.7. The van der Waals surface area contributed by atoms with Crippen LogP contribution in [-0.4, -0.2) is 72.5 Å². The second-order valence-electron chi connectivity index (χ2n) is 6.61. The van der Waals surface area contributed by atoms with Crippen molar-refractivity contribution in [3.8, 4) is 0 Å². The highest BCUT2D eigenvalue weighted by Gasteiger charge is 2.21.